The molecule has 0 aromatic heterocycles. The number of aryl methyl sites for hydroxylation is 1. The van der Waals surface area contributed by atoms with Crippen LogP contribution in [0.15, 0.2) is 77.4 Å². The van der Waals surface area contributed by atoms with Gasteiger partial charge in [0.25, 0.3) is 0 Å². The summed E-state index contributed by atoms with van der Waals surface area (Å²) in [6.45, 7) is 1.92. The Hall–Kier alpha value is -3.45. The molecule has 1 heterocycles. The van der Waals surface area contributed by atoms with Crippen molar-refractivity contribution in [2.24, 2.45) is 0 Å². The minimum atomic E-state index is -4.15. The molecule has 1 aliphatic rings. The van der Waals surface area contributed by atoms with Crippen LogP contribution in [0.5, 0.6) is 11.5 Å². The molecular formula is C22H15FO5S. The third-order valence-electron chi connectivity index (χ3n) is 4.42. The van der Waals surface area contributed by atoms with Crippen LogP contribution in [0.2, 0.25) is 0 Å². The molecule has 0 unspecified atom stereocenters. The lowest BCUT2D eigenvalue weighted by Gasteiger charge is -2.08. The molecule has 3 aromatic rings. The highest BCUT2D eigenvalue weighted by Gasteiger charge is 2.28. The molecule has 0 amide bonds. The van der Waals surface area contributed by atoms with E-state index in [-0.39, 0.29) is 27.9 Å². The minimum Gasteiger partial charge on any atom is -0.452 e. The fourth-order valence-electron chi connectivity index (χ4n) is 2.89. The van der Waals surface area contributed by atoms with Crippen LogP contribution in [-0.2, 0) is 10.1 Å². The molecule has 0 atom stereocenters. The Morgan fingerprint density at radius 2 is 1.72 bits per heavy atom. The number of Topliss-reactive ketones (excluding diaryl/α,β-unsaturated/α-hetero) is 1. The lowest BCUT2D eigenvalue weighted by molar-refractivity contribution is 0.101. The van der Waals surface area contributed by atoms with Crippen molar-refractivity contribution >= 4 is 22.0 Å². The molecule has 0 N–H and O–H groups in total. The van der Waals surface area contributed by atoms with Gasteiger partial charge in [0, 0.05) is 6.07 Å². The molecular weight excluding hydrogens is 395 g/mol. The normalized spacial score (nSPS) is 14.6. The quantitative estimate of drug-likeness (QED) is 0.467. The van der Waals surface area contributed by atoms with Crippen molar-refractivity contribution in [3.05, 3.63) is 95.0 Å². The van der Waals surface area contributed by atoms with Crippen LogP contribution in [0.25, 0.3) is 6.08 Å². The fraction of sp³-hybridized carbons (Fsp3) is 0.0455. The number of hydrogen-bond donors (Lipinski definition) is 0. The van der Waals surface area contributed by atoms with E-state index >= 15 is 0 Å². The number of benzene rings is 3. The van der Waals surface area contributed by atoms with Crippen molar-refractivity contribution in [1.82, 2.24) is 0 Å². The van der Waals surface area contributed by atoms with Crippen LogP contribution in [0.3, 0.4) is 0 Å². The van der Waals surface area contributed by atoms with Crippen LogP contribution in [0, 0.1) is 12.7 Å². The smallest absolute Gasteiger partial charge is 0.339 e. The highest BCUT2D eigenvalue weighted by atomic mass is 32.2. The van der Waals surface area contributed by atoms with Gasteiger partial charge < -0.3 is 8.92 Å². The van der Waals surface area contributed by atoms with Crippen LogP contribution in [0.1, 0.15) is 21.5 Å². The second-order valence-corrected chi connectivity index (χ2v) is 7.99. The van der Waals surface area contributed by atoms with Crippen LogP contribution in [0.4, 0.5) is 4.39 Å². The molecule has 5 nitrogen and oxygen atoms in total. The molecule has 0 bridgehead atoms. The lowest BCUT2D eigenvalue weighted by atomic mass is 10.1. The average Bonchev–Trinajstić information content (AvgIpc) is 2.98. The average molecular weight is 410 g/mol. The van der Waals surface area contributed by atoms with Gasteiger partial charge >= 0.3 is 10.1 Å². The van der Waals surface area contributed by atoms with Crippen LogP contribution < -0.4 is 8.92 Å². The highest BCUT2D eigenvalue weighted by Crippen LogP contribution is 2.35. The van der Waals surface area contributed by atoms with E-state index in [1.165, 1.54) is 18.2 Å². The molecule has 29 heavy (non-hydrogen) atoms. The predicted molar refractivity (Wildman–Crippen MR) is 105 cm³/mol. The van der Waals surface area contributed by atoms with Crippen molar-refractivity contribution in [2.45, 2.75) is 11.8 Å². The Labute approximate surface area is 167 Å². The first-order valence-corrected chi connectivity index (χ1v) is 10.1. The molecule has 1 aliphatic heterocycles. The topological polar surface area (TPSA) is 69.7 Å². The molecule has 0 fully saturated rings. The maximum Gasteiger partial charge on any atom is 0.339 e. The number of carbonyl (C=O) groups excluding carboxylic acids is 1. The third-order valence-corrected chi connectivity index (χ3v) is 5.69. The maximum absolute atomic E-state index is 13.0. The number of fused-ring (bicyclic) bond motifs is 1. The van der Waals surface area contributed by atoms with Crippen molar-refractivity contribution in [1.29, 1.82) is 0 Å². The molecule has 0 spiro atoms. The molecule has 0 saturated carbocycles. The lowest BCUT2D eigenvalue weighted by Crippen LogP contribution is -2.09. The number of allylic oxidation sites excluding steroid dienone is 1. The monoisotopic (exact) mass is 410 g/mol. The van der Waals surface area contributed by atoms with Gasteiger partial charge in [-0.1, -0.05) is 24.3 Å². The zero-order valence-electron chi connectivity index (χ0n) is 15.3. The highest BCUT2D eigenvalue weighted by molar-refractivity contribution is 7.87. The summed E-state index contributed by atoms with van der Waals surface area (Å²) < 4.78 is 48.5. The molecule has 146 valence electrons. The van der Waals surface area contributed by atoms with E-state index in [1.54, 1.807) is 6.08 Å². The van der Waals surface area contributed by atoms with Gasteiger partial charge in [0.05, 0.1) is 5.56 Å². The SMILES string of the molecule is Cc1ccccc1/C=C1\Oc2cc(OS(=O)(=O)c3ccc(F)cc3)ccc2C1=O. The van der Waals surface area contributed by atoms with E-state index in [1.807, 2.05) is 31.2 Å². The summed E-state index contributed by atoms with van der Waals surface area (Å²) in [4.78, 5) is 12.4. The summed E-state index contributed by atoms with van der Waals surface area (Å²) in [7, 11) is -4.15. The first-order chi connectivity index (χ1) is 13.8. The van der Waals surface area contributed by atoms with E-state index in [2.05, 4.69) is 0 Å². The summed E-state index contributed by atoms with van der Waals surface area (Å²) in [6.07, 6.45) is 1.65. The van der Waals surface area contributed by atoms with Crippen molar-refractivity contribution < 1.29 is 26.5 Å². The van der Waals surface area contributed by atoms with Gasteiger partial charge in [0.2, 0.25) is 5.78 Å². The van der Waals surface area contributed by atoms with Gasteiger partial charge in [-0.25, -0.2) is 4.39 Å². The molecule has 3 aromatic carbocycles. The summed E-state index contributed by atoms with van der Waals surface area (Å²) in [5, 5.41) is 0. The van der Waals surface area contributed by atoms with Gasteiger partial charge in [0.1, 0.15) is 22.2 Å². The first-order valence-electron chi connectivity index (χ1n) is 8.67. The Morgan fingerprint density at radius 3 is 2.45 bits per heavy atom. The van der Waals surface area contributed by atoms with Crippen LogP contribution >= 0.6 is 0 Å². The maximum atomic E-state index is 13.0. The Balaban J connectivity index is 1.61. The van der Waals surface area contributed by atoms with Gasteiger partial charge in [-0.3, -0.25) is 4.79 Å². The second-order valence-electron chi connectivity index (χ2n) is 6.45. The van der Waals surface area contributed by atoms with E-state index in [0.717, 1.165) is 35.4 Å². The summed E-state index contributed by atoms with van der Waals surface area (Å²) in [6, 6.07) is 16.0. The van der Waals surface area contributed by atoms with Crippen LogP contribution in [-0.4, -0.2) is 14.2 Å². The van der Waals surface area contributed by atoms with Gasteiger partial charge in [-0.05, 0) is 60.5 Å². The zero-order valence-corrected chi connectivity index (χ0v) is 16.1. The number of halogens is 1. The summed E-state index contributed by atoms with van der Waals surface area (Å²) >= 11 is 0. The first kappa shape index (κ1) is 18.9. The molecule has 0 aliphatic carbocycles. The minimum absolute atomic E-state index is 0.0157. The van der Waals surface area contributed by atoms with Crippen molar-refractivity contribution in [3.63, 3.8) is 0 Å². The van der Waals surface area contributed by atoms with E-state index in [0.29, 0.717) is 5.56 Å². The number of carbonyl (C=O) groups is 1. The molecule has 0 radical (unpaired) electrons. The summed E-state index contributed by atoms with van der Waals surface area (Å²) in [5.41, 5.74) is 2.15. The van der Waals surface area contributed by atoms with Gasteiger partial charge in [-0.15, -0.1) is 0 Å². The Morgan fingerprint density at radius 1 is 1.00 bits per heavy atom. The number of ketones is 1. The molecule has 0 saturated heterocycles. The Kier molecular flexibility index (Phi) is 4.68. The number of ether oxygens (including phenoxy) is 1. The van der Waals surface area contributed by atoms with Gasteiger partial charge in [0.15, 0.2) is 5.76 Å². The number of hydrogen-bond acceptors (Lipinski definition) is 5. The van der Waals surface area contributed by atoms with Crippen molar-refractivity contribution in [2.75, 3.05) is 0 Å². The van der Waals surface area contributed by atoms with Gasteiger partial charge in [-0.2, -0.15) is 8.42 Å². The molecule has 7 heteroatoms. The van der Waals surface area contributed by atoms with Crippen molar-refractivity contribution in [3.8, 4) is 11.5 Å². The number of rotatable bonds is 4. The van der Waals surface area contributed by atoms with E-state index in [4.69, 9.17) is 8.92 Å². The second kappa shape index (κ2) is 7.18. The van der Waals surface area contributed by atoms with E-state index < -0.39 is 15.9 Å². The standard InChI is InChI=1S/C22H15FO5S/c1-14-4-2-3-5-15(14)12-21-22(24)19-11-8-17(13-20(19)27-21)28-29(25,26)18-9-6-16(23)7-10-18/h2-13H,1H3/b21-12-. The zero-order chi connectivity index (χ0) is 20.6. The Bertz CT molecular complexity index is 1240. The summed E-state index contributed by atoms with van der Waals surface area (Å²) in [5.74, 6) is -0.509. The fourth-order valence-corrected chi connectivity index (χ4v) is 3.81. The third kappa shape index (κ3) is 3.77. The molecule has 4 rings (SSSR count). The largest absolute Gasteiger partial charge is 0.452 e. The van der Waals surface area contributed by atoms with E-state index in [9.17, 15) is 17.6 Å². The predicted octanol–water partition coefficient (Wildman–Crippen LogP) is 4.52.